The van der Waals surface area contributed by atoms with Crippen molar-refractivity contribution >= 4 is 39.8 Å². The molecule has 0 aromatic carbocycles. The van der Waals surface area contributed by atoms with Gasteiger partial charge >= 0.3 is 0 Å². The lowest BCUT2D eigenvalue weighted by atomic mass is 9.78. The van der Waals surface area contributed by atoms with Gasteiger partial charge in [-0.3, -0.25) is 4.99 Å². The summed E-state index contributed by atoms with van der Waals surface area (Å²) in [5, 5.41) is 6.81. The molecule has 2 N–H and O–H groups in total. The second kappa shape index (κ2) is 9.59. The summed E-state index contributed by atoms with van der Waals surface area (Å²) < 4.78 is 23.1. The fourth-order valence-electron chi connectivity index (χ4n) is 4.21. The van der Waals surface area contributed by atoms with Crippen LogP contribution in [0.4, 0.5) is 0 Å². The van der Waals surface area contributed by atoms with Gasteiger partial charge in [-0.15, -0.1) is 24.0 Å². The molecule has 2 aliphatic rings. The molecule has 1 saturated heterocycles. The molecule has 5 nitrogen and oxygen atoms in total. The lowest BCUT2D eigenvalue weighted by Gasteiger charge is -2.32. The number of halogens is 1. The third-order valence-electron chi connectivity index (χ3n) is 5.24. The van der Waals surface area contributed by atoms with Crippen molar-refractivity contribution in [3.63, 3.8) is 0 Å². The molecule has 7 heteroatoms. The van der Waals surface area contributed by atoms with Gasteiger partial charge in [0, 0.05) is 20.1 Å². The Kier molecular flexibility index (Phi) is 8.79. The van der Waals surface area contributed by atoms with E-state index in [0.717, 1.165) is 18.9 Å². The Morgan fingerprint density at radius 3 is 2.42 bits per heavy atom. The van der Waals surface area contributed by atoms with Gasteiger partial charge < -0.3 is 10.6 Å². The summed E-state index contributed by atoms with van der Waals surface area (Å²) in [4.78, 5) is 4.30. The monoisotopic (exact) mass is 471 g/mol. The smallest absolute Gasteiger partial charge is 0.191 e. The summed E-state index contributed by atoms with van der Waals surface area (Å²) in [5.41, 5.74) is 0.405. The summed E-state index contributed by atoms with van der Waals surface area (Å²) >= 11 is 0. The Hall–Kier alpha value is -0.0500. The highest BCUT2D eigenvalue weighted by Crippen LogP contribution is 2.42. The van der Waals surface area contributed by atoms with E-state index in [0.29, 0.717) is 29.4 Å². The number of sulfone groups is 1. The Balaban J connectivity index is 0.00000288. The highest BCUT2D eigenvalue weighted by atomic mass is 127. The molecule has 1 unspecified atom stereocenters. The Morgan fingerprint density at radius 2 is 1.92 bits per heavy atom. The molecule has 0 aromatic heterocycles. The molecule has 0 aromatic rings. The van der Waals surface area contributed by atoms with E-state index in [1.165, 1.54) is 32.1 Å². The van der Waals surface area contributed by atoms with Crippen molar-refractivity contribution in [2.24, 2.45) is 22.2 Å². The van der Waals surface area contributed by atoms with Crippen molar-refractivity contribution in [2.75, 3.05) is 31.6 Å². The van der Waals surface area contributed by atoms with Gasteiger partial charge in [0.2, 0.25) is 0 Å². The van der Waals surface area contributed by atoms with Crippen LogP contribution in [0.2, 0.25) is 0 Å². The summed E-state index contributed by atoms with van der Waals surface area (Å²) in [6.45, 7) is 6.26. The van der Waals surface area contributed by atoms with Crippen molar-refractivity contribution in [1.29, 1.82) is 0 Å². The summed E-state index contributed by atoms with van der Waals surface area (Å²) in [6.07, 6.45) is 7.30. The zero-order valence-electron chi connectivity index (χ0n) is 15.3. The van der Waals surface area contributed by atoms with Crippen molar-refractivity contribution in [3.05, 3.63) is 0 Å². The SMILES string of the molecule is CN=C(NCC1CCS(=O)(=O)C1)NCC1(CC(C)C)CCCC1.I. The normalized spacial score (nSPS) is 25.5. The van der Waals surface area contributed by atoms with Gasteiger partial charge in [0.25, 0.3) is 0 Å². The third kappa shape index (κ3) is 6.69. The van der Waals surface area contributed by atoms with E-state index in [1.807, 2.05) is 0 Å². The Morgan fingerprint density at radius 1 is 1.25 bits per heavy atom. The minimum atomic E-state index is -2.80. The first-order valence-electron chi connectivity index (χ1n) is 8.99. The molecule has 0 amide bonds. The highest BCUT2D eigenvalue weighted by Gasteiger charge is 2.34. The van der Waals surface area contributed by atoms with Crippen molar-refractivity contribution in [1.82, 2.24) is 10.6 Å². The second-order valence-corrected chi connectivity index (χ2v) is 10.1. The molecule has 1 heterocycles. The molecule has 1 aliphatic heterocycles. The minimum Gasteiger partial charge on any atom is -0.356 e. The zero-order valence-corrected chi connectivity index (χ0v) is 18.5. The van der Waals surface area contributed by atoms with Gasteiger partial charge in [-0.1, -0.05) is 26.7 Å². The zero-order chi connectivity index (χ0) is 16.9. The topological polar surface area (TPSA) is 70.6 Å². The first-order valence-corrected chi connectivity index (χ1v) is 10.8. The van der Waals surface area contributed by atoms with Gasteiger partial charge in [0.15, 0.2) is 15.8 Å². The van der Waals surface area contributed by atoms with Gasteiger partial charge in [-0.2, -0.15) is 0 Å². The molecule has 1 aliphatic carbocycles. The average Bonchev–Trinajstić information content (AvgIpc) is 3.05. The van der Waals surface area contributed by atoms with E-state index >= 15 is 0 Å². The van der Waals surface area contributed by atoms with E-state index in [1.54, 1.807) is 7.05 Å². The quantitative estimate of drug-likeness (QED) is 0.355. The van der Waals surface area contributed by atoms with Gasteiger partial charge in [0.05, 0.1) is 11.5 Å². The van der Waals surface area contributed by atoms with Crippen LogP contribution in [0.25, 0.3) is 0 Å². The minimum absolute atomic E-state index is 0. The lowest BCUT2D eigenvalue weighted by molar-refractivity contribution is 0.234. The predicted octanol–water partition coefficient (Wildman–Crippen LogP) is 2.81. The Bertz CT molecular complexity index is 514. The number of rotatable bonds is 6. The van der Waals surface area contributed by atoms with Crippen LogP contribution < -0.4 is 10.6 Å². The number of nitrogens with one attached hydrogen (secondary N) is 2. The van der Waals surface area contributed by atoms with Crippen molar-refractivity contribution < 1.29 is 8.42 Å². The molecule has 1 atom stereocenters. The van der Waals surface area contributed by atoms with Crippen LogP contribution in [-0.4, -0.2) is 46.0 Å². The standard InChI is InChI=1S/C17H33N3O2S.HI/c1-14(2)10-17(7-4-5-8-17)13-20-16(18-3)19-11-15-6-9-23(21,22)12-15;/h14-15H,4-13H2,1-3H3,(H2,18,19,20);1H. The van der Waals surface area contributed by atoms with Gasteiger partial charge in [0.1, 0.15) is 0 Å². The van der Waals surface area contributed by atoms with E-state index in [2.05, 4.69) is 29.5 Å². The second-order valence-electron chi connectivity index (χ2n) is 7.88. The summed E-state index contributed by atoms with van der Waals surface area (Å²) in [5.74, 6) is 2.39. The highest BCUT2D eigenvalue weighted by molar-refractivity contribution is 14.0. The molecule has 24 heavy (non-hydrogen) atoms. The van der Waals surface area contributed by atoms with Gasteiger partial charge in [-0.25, -0.2) is 8.42 Å². The van der Waals surface area contributed by atoms with Crippen LogP contribution in [0.5, 0.6) is 0 Å². The Labute approximate surface area is 164 Å². The van der Waals surface area contributed by atoms with Crippen LogP contribution in [0, 0.1) is 17.3 Å². The van der Waals surface area contributed by atoms with E-state index in [-0.39, 0.29) is 29.9 Å². The van der Waals surface area contributed by atoms with E-state index < -0.39 is 9.84 Å². The van der Waals surface area contributed by atoms with E-state index in [9.17, 15) is 8.42 Å². The number of hydrogen-bond donors (Lipinski definition) is 2. The van der Waals surface area contributed by atoms with Gasteiger partial charge in [-0.05, 0) is 42.9 Å². The molecular formula is C17H34IN3O2S. The van der Waals surface area contributed by atoms with Crippen LogP contribution >= 0.6 is 24.0 Å². The molecule has 0 spiro atoms. The molecule has 0 radical (unpaired) electrons. The predicted molar refractivity (Wildman–Crippen MR) is 112 cm³/mol. The van der Waals surface area contributed by atoms with Crippen LogP contribution in [0.1, 0.15) is 52.4 Å². The molecule has 2 fully saturated rings. The van der Waals surface area contributed by atoms with Crippen LogP contribution in [-0.2, 0) is 9.84 Å². The number of guanidine groups is 1. The average molecular weight is 471 g/mol. The lowest BCUT2D eigenvalue weighted by Crippen LogP contribution is -2.44. The first kappa shape index (κ1) is 22.0. The maximum Gasteiger partial charge on any atom is 0.191 e. The molecule has 2 rings (SSSR count). The molecule has 0 bridgehead atoms. The van der Waals surface area contributed by atoms with E-state index in [4.69, 9.17) is 0 Å². The fourth-order valence-corrected chi connectivity index (χ4v) is 6.07. The number of hydrogen-bond acceptors (Lipinski definition) is 3. The first-order chi connectivity index (χ1) is 10.8. The summed E-state index contributed by atoms with van der Waals surface area (Å²) in [6, 6.07) is 0. The molecular weight excluding hydrogens is 437 g/mol. The maximum absolute atomic E-state index is 11.5. The fraction of sp³-hybridized carbons (Fsp3) is 0.941. The van der Waals surface area contributed by atoms with Crippen LogP contribution in [0.3, 0.4) is 0 Å². The molecule has 1 saturated carbocycles. The third-order valence-corrected chi connectivity index (χ3v) is 7.08. The largest absolute Gasteiger partial charge is 0.356 e. The number of aliphatic imine (C=N–C) groups is 1. The number of nitrogens with zero attached hydrogens (tertiary/aromatic N) is 1. The van der Waals surface area contributed by atoms with Crippen molar-refractivity contribution in [2.45, 2.75) is 52.4 Å². The maximum atomic E-state index is 11.5. The summed E-state index contributed by atoms with van der Waals surface area (Å²) in [7, 11) is -1.02. The molecule has 142 valence electrons. The van der Waals surface area contributed by atoms with Crippen LogP contribution in [0.15, 0.2) is 4.99 Å². The van der Waals surface area contributed by atoms with Crippen molar-refractivity contribution in [3.8, 4) is 0 Å².